The van der Waals surface area contributed by atoms with Crippen LogP contribution >= 0.6 is 0 Å². The SMILES string of the molecule is C=Cc1c2[nH]c(c1=C)=CC1=N/C(=C3\c4[nH]c(c(C)c4C(=O)[C@@H]3C(=O)OC)CC3=C(CC)C(C)/C(=C/2)N3)[C@@H](CCC(=O)OC/C=C(\C)CCC[C@H](C)CCC[C@H](C)CCCC(C)C)[C@@H]1C. The molecule has 4 aliphatic rings. The highest BCUT2D eigenvalue weighted by molar-refractivity contribution is 6.25. The van der Waals surface area contributed by atoms with Gasteiger partial charge in [-0.3, -0.25) is 19.4 Å². The van der Waals surface area contributed by atoms with E-state index in [9.17, 15) is 14.4 Å². The summed E-state index contributed by atoms with van der Waals surface area (Å²) in [6.45, 7) is 28.8. The second-order valence-corrected chi connectivity index (χ2v) is 19.8. The number of fused-ring (bicyclic) bond motifs is 6. The molecular formula is C55H76N4O5. The average molecular weight is 873 g/mol. The van der Waals surface area contributed by atoms with Crippen LogP contribution in [0.25, 0.3) is 30.4 Å². The molecule has 9 nitrogen and oxygen atoms in total. The Labute approximate surface area is 382 Å². The summed E-state index contributed by atoms with van der Waals surface area (Å²) in [5.41, 5.74) is 11.3. The van der Waals surface area contributed by atoms with Crippen molar-refractivity contribution in [1.29, 1.82) is 0 Å². The van der Waals surface area contributed by atoms with Crippen molar-refractivity contribution in [2.24, 2.45) is 46.4 Å². The third-order valence-electron chi connectivity index (χ3n) is 14.7. The molecule has 6 atom stereocenters. The number of ether oxygens (including phenoxy) is 2. The molecular weight excluding hydrogens is 797 g/mol. The van der Waals surface area contributed by atoms with E-state index in [0.717, 1.165) is 87.2 Å². The Hall–Kier alpha value is -4.92. The minimum Gasteiger partial charge on any atom is -0.468 e. The molecule has 1 unspecified atom stereocenters. The molecule has 64 heavy (non-hydrogen) atoms. The van der Waals surface area contributed by atoms with E-state index in [-0.39, 0.29) is 42.5 Å². The zero-order valence-electron chi connectivity index (χ0n) is 40.7. The van der Waals surface area contributed by atoms with Gasteiger partial charge in [0.15, 0.2) is 5.78 Å². The highest BCUT2D eigenvalue weighted by Gasteiger charge is 2.48. The highest BCUT2D eigenvalue weighted by atomic mass is 16.5. The predicted molar refractivity (Wildman–Crippen MR) is 262 cm³/mol. The molecule has 5 heterocycles. The largest absolute Gasteiger partial charge is 0.468 e. The van der Waals surface area contributed by atoms with E-state index in [1.165, 1.54) is 63.2 Å². The summed E-state index contributed by atoms with van der Waals surface area (Å²) in [6, 6.07) is 0. The average Bonchev–Trinajstić information content (AvgIpc) is 3.99. The molecule has 346 valence electrons. The van der Waals surface area contributed by atoms with Crippen molar-refractivity contribution < 1.29 is 23.9 Å². The first-order valence-electron chi connectivity index (χ1n) is 24.3. The fourth-order valence-corrected chi connectivity index (χ4v) is 10.6. The Morgan fingerprint density at radius 1 is 0.984 bits per heavy atom. The third kappa shape index (κ3) is 10.6. The van der Waals surface area contributed by atoms with Gasteiger partial charge in [0.25, 0.3) is 0 Å². The number of methoxy groups -OCH3 is 1. The topological polar surface area (TPSA) is 126 Å². The van der Waals surface area contributed by atoms with Crippen LogP contribution in [-0.2, 0) is 25.5 Å². The minimum absolute atomic E-state index is 0.159. The van der Waals surface area contributed by atoms with E-state index in [4.69, 9.17) is 14.5 Å². The molecule has 6 rings (SSSR count). The van der Waals surface area contributed by atoms with Gasteiger partial charge in [0, 0.05) is 86.4 Å². The molecule has 0 saturated heterocycles. The van der Waals surface area contributed by atoms with E-state index in [1.54, 1.807) is 0 Å². The quantitative estimate of drug-likeness (QED) is 0.0691. The number of aromatic nitrogens is 2. The predicted octanol–water partition coefficient (Wildman–Crippen LogP) is 11.1. The fourth-order valence-electron chi connectivity index (χ4n) is 10.6. The van der Waals surface area contributed by atoms with Crippen LogP contribution in [0, 0.1) is 48.3 Å². The smallest absolute Gasteiger partial charge is 0.321 e. The van der Waals surface area contributed by atoms with Crippen LogP contribution in [0.3, 0.4) is 0 Å². The molecule has 1 aliphatic carbocycles. The van der Waals surface area contributed by atoms with E-state index >= 15 is 0 Å². The number of hydrogen-bond donors (Lipinski definition) is 3. The Kier molecular flexibility index (Phi) is 16.2. The zero-order chi connectivity index (χ0) is 46.4. The van der Waals surface area contributed by atoms with Crippen molar-refractivity contribution in [1.82, 2.24) is 15.3 Å². The minimum atomic E-state index is -1.17. The van der Waals surface area contributed by atoms with Crippen molar-refractivity contribution >= 4 is 53.8 Å². The maximum atomic E-state index is 14.4. The van der Waals surface area contributed by atoms with Gasteiger partial charge in [-0.1, -0.05) is 118 Å². The molecule has 0 radical (unpaired) electrons. The maximum Gasteiger partial charge on any atom is 0.321 e. The van der Waals surface area contributed by atoms with Gasteiger partial charge < -0.3 is 24.8 Å². The molecule has 0 saturated carbocycles. The van der Waals surface area contributed by atoms with Crippen LogP contribution in [0.2, 0.25) is 0 Å². The number of allylic oxidation sites excluding steroid dienone is 4. The van der Waals surface area contributed by atoms with Gasteiger partial charge in [-0.25, -0.2) is 0 Å². The molecule has 2 aromatic rings. The lowest BCUT2D eigenvalue weighted by Gasteiger charge is -2.20. The van der Waals surface area contributed by atoms with Crippen LogP contribution in [0.4, 0.5) is 0 Å². The molecule has 2 aromatic heterocycles. The first-order chi connectivity index (χ1) is 30.6. The van der Waals surface area contributed by atoms with E-state index in [0.29, 0.717) is 35.4 Å². The molecule has 9 heteroatoms. The number of hydrogen-bond acceptors (Lipinski definition) is 7. The van der Waals surface area contributed by atoms with Gasteiger partial charge in [-0.05, 0) is 86.6 Å². The summed E-state index contributed by atoms with van der Waals surface area (Å²) in [7, 11) is 1.32. The number of H-pyrrole nitrogens is 2. The summed E-state index contributed by atoms with van der Waals surface area (Å²) < 4.78 is 11.1. The second kappa shape index (κ2) is 21.4. The number of rotatable bonds is 20. The number of esters is 2. The summed E-state index contributed by atoms with van der Waals surface area (Å²) >= 11 is 0. The second-order valence-electron chi connectivity index (χ2n) is 19.8. The summed E-state index contributed by atoms with van der Waals surface area (Å²) in [6.07, 6.45) is 21.4. The Morgan fingerprint density at radius 3 is 2.33 bits per heavy atom. The number of Topliss-reactive ketones (excluding diaryl/α,β-unsaturated/α-hetero) is 1. The first-order valence-corrected chi connectivity index (χ1v) is 24.3. The fraction of sp³-hybridized carbons (Fsp3) is 0.564. The molecule has 3 aliphatic heterocycles. The van der Waals surface area contributed by atoms with Crippen LogP contribution in [0.1, 0.15) is 171 Å². The third-order valence-corrected chi connectivity index (χ3v) is 14.7. The number of nitrogens with one attached hydrogen (secondary N) is 3. The van der Waals surface area contributed by atoms with Crippen LogP contribution in [0.5, 0.6) is 0 Å². The van der Waals surface area contributed by atoms with Crippen molar-refractivity contribution in [2.45, 2.75) is 146 Å². The van der Waals surface area contributed by atoms with Crippen molar-refractivity contribution in [3.05, 3.63) is 85.2 Å². The molecule has 0 spiro atoms. The number of nitrogens with zero attached hydrogens (tertiary/aromatic N) is 1. The standard InChI is InChI=1S/C55H76N4O5/c1-13-39-35(8)42-28-44-37(10)41(24-25-48(60)64-27-26-34(7)23-17-22-33(6)21-16-20-32(5)19-15-18-31(3)4)52(58-44)50-51(55(62)63-12)54(61)49-38(11)45(59-53(49)50)30-47-40(14-2)36(9)43(57-47)29-46(39)56-42/h13,26,28-29,31-33,36-37,41,51,56-57,59H,1,8,14-25,27,30H2,2-7,9-12H3/b34-26+,42-28?,43-29-,52-50-/t32-,33-,36?,37+,41+,51-/m1/s1. The van der Waals surface area contributed by atoms with Gasteiger partial charge in [-0.2, -0.15) is 0 Å². The summed E-state index contributed by atoms with van der Waals surface area (Å²) in [4.78, 5) is 54.0. The number of ketones is 1. The van der Waals surface area contributed by atoms with E-state index in [1.807, 2.05) is 25.2 Å². The molecule has 8 bridgehead atoms. The van der Waals surface area contributed by atoms with Crippen LogP contribution < -0.4 is 15.9 Å². The van der Waals surface area contributed by atoms with Crippen molar-refractivity contribution in [2.75, 3.05) is 13.7 Å². The van der Waals surface area contributed by atoms with Crippen LogP contribution in [-0.4, -0.2) is 47.1 Å². The lowest BCUT2D eigenvalue weighted by Crippen LogP contribution is -2.26. The Balaban J connectivity index is 1.20. The van der Waals surface area contributed by atoms with E-state index in [2.05, 4.69) is 89.9 Å². The molecule has 0 aromatic carbocycles. The summed E-state index contributed by atoms with van der Waals surface area (Å²) in [5.74, 6) is -0.320. The van der Waals surface area contributed by atoms with Gasteiger partial charge in [0.1, 0.15) is 12.5 Å². The van der Waals surface area contributed by atoms with Gasteiger partial charge >= 0.3 is 11.9 Å². The van der Waals surface area contributed by atoms with Gasteiger partial charge in [0.05, 0.1) is 18.5 Å². The molecule has 0 amide bonds. The summed E-state index contributed by atoms with van der Waals surface area (Å²) in [5, 5.41) is 5.34. The monoisotopic (exact) mass is 873 g/mol. The number of carbonyl (C=O) groups is 3. The lowest BCUT2D eigenvalue weighted by atomic mass is 9.83. The lowest BCUT2D eigenvalue weighted by molar-refractivity contribution is -0.143. The van der Waals surface area contributed by atoms with Crippen LogP contribution in [0.15, 0.2) is 45.9 Å². The highest BCUT2D eigenvalue weighted by Crippen LogP contribution is 2.48. The molecule has 0 fully saturated rings. The molecule has 3 N–H and O–H groups in total. The van der Waals surface area contributed by atoms with Gasteiger partial charge in [0.2, 0.25) is 0 Å². The number of aromatic amines is 2. The Morgan fingerprint density at radius 2 is 1.67 bits per heavy atom. The number of aliphatic imine (C=N–C) groups is 1. The van der Waals surface area contributed by atoms with Crippen molar-refractivity contribution in [3.8, 4) is 0 Å². The van der Waals surface area contributed by atoms with Gasteiger partial charge in [-0.15, -0.1) is 0 Å². The van der Waals surface area contributed by atoms with E-state index < -0.39 is 11.9 Å². The first kappa shape index (κ1) is 48.5. The maximum absolute atomic E-state index is 14.4. The Bertz CT molecular complexity index is 2380. The van der Waals surface area contributed by atoms with Crippen molar-refractivity contribution in [3.63, 3.8) is 0 Å². The number of carbonyl (C=O) groups excluding carboxylic acids is 3. The normalized spacial score (nSPS) is 23.4. The zero-order valence-corrected chi connectivity index (χ0v) is 40.7.